The summed E-state index contributed by atoms with van der Waals surface area (Å²) >= 11 is 0. The maximum absolute atomic E-state index is 13.1. The fourth-order valence-corrected chi connectivity index (χ4v) is 8.08. The van der Waals surface area contributed by atoms with Gasteiger partial charge in [0, 0.05) is 0 Å². The number of amides is 1. The maximum Gasteiger partial charge on any atom is 0.397 e. The topological polar surface area (TPSA) is 212 Å². The van der Waals surface area contributed by atoms with Gasteiger partial charge in [0.25, 0.3) is 0 Å². The minimum atomic E-state index is -5.12. The summed E-state index contributed by atoms with van der Waals surface area (Å²) in [5.74, 6) is -0.714. The van der Waals surface area contributed by atoms with Crippen molar-refractivity contribution in [3.8, 4) is 0 Å². The standard InChI is InChI=1S/C49H89NO12S/c1-3-5-7-9-11-13-15-17-19-20-21-22-23-24-26-28-30-32-34-36-38-43(53)48(56)50-41(40-60-49-46(55)47(62-63(57,58)59)45(54)44(39-51)61-49)42(52)37-35-33-31-29-27-25-18-16-14-12-10-8-6-4-2/h5,7,11,13,27,29,35,37,41-47,49,51-55H,3-4,6,8-10,12,14-26,28,30-34,36,38-40H2,1-2H3,(H,50,56)(H,57,58,59)/b7-5-,13-11-,29-27+,37-35+. The Kier molecular flexibility index (Phi) is 36.7. The molecule has 1 fully saturated rings. The van der Waals surface area contributed by atoms with Crippen LogP contribution < -0.4 is 5.32 Å². The first-order valence-electron chi connectivity index (χ1n) is 24.6. The summed E-state index contributed by atoms with van der Waals surface area (Å²) in [6.07, 6.45) is 36.2. The normalized spacial score (nSPS) is 21.3. The van der Waals surface area contributed by atoms with Crippen LogP contribution in [-0.2, 0) is 28.9 Å². The van der Waals surface area contributed by atoms with Gasteiger partial charge in [-0.25, -0.2) is 4.18 Å². The van der Waals surface area contributed by atoms with Gasteiger partial charge in [-0.1, -0.05) is 184 Å². The van der Waals surface area contributed by atoms with Crippen LogP contribution >= 0.6 is 0 Å². The number of hydrogen-bond acceptors (Lipinski definition) is 11. The van der Waals surface area contributed by atoms with Crippen LogP contribution in [0.3, 0.4) is 0 Å². The summed E-state index contributed by atoms with van der Waals surface area (Å²) in [5, 5.41) is 55.2. The lowest BCUT2D eigenvalue weighted by Crippen LogP contribution is -2.61. The van der Waals surface area contributed by atoms with Gasteiger partial charge in [0.2, 0.25) is 5.91 Å². The smallest absolute Gasteiger partial charge is 0.394 e. The highest BCUT2D eigenvalue weighted by Gasteiger charge is 2.48. The molecule has 8 atom stereocenters. The summed E-state index contributed by atoms with van der Waals surface area (Å²) in [4.78, 5) is 13.1. The summed E-state index contributed by atoms with van der Waals surface area (Å²) < 4.78 is 47.5. The average molecular weight is 916 g/mol. The van der Waals surface area contributed by atoms with E-state index in [1.807, 2.05) is 0 Å². The molecular weight excluding hydrogens is 827 g/mol. The van der Waals surface area contributed by atoms with Gasteiger partial charge < -0.3 is 40.3 Å². The van der Waals surface area contributed by atoms with E-state index in [1.54, 1.807) is 6.08 Å². The average Bonchev–Trinajstić information content (AvgIpc) is 3.25. The molecule has 0 saturated carbocycles. The minimum absolute atomic E-state index is 0.235. The molecule has 63 heavy (non-hydrogen) atoms. The van der Waals surface area contributed by atoms with Gasteiger partial charge in [-0.15, -0.1) is 0 Å². The van der Waals surface area contributed by atoms with Crippen LogP contribution in [0.2, 0.25) is 0 Å². The Hall–Kier alpha value is -1.98. The molecule has 7 N–H and O–H groups in total. The van der Waals surface area contributed by atoms with Gasteiger partial charge >= 0.3 is 10.4 Å². The third kappa shape index (κ3) is 31.6. The molecule has 0 aliphatic carbocycles. The van der Waals surface area contributed by atoms with Crippen molar-refractivity contribution in [1.82, 2.24) is 5.32 Å². The molecule has 1 rings (SSSR count). The monoisotopic (exact) mass is 916 g/mol. The molecular formula is C49H89NO12S. The fourth-order valence-electron chi connectivity index (χ4n) is 7.57. The molecule has 0 spiro atoms. The Labute approximate surface area is 381 Å². The molecule has 0 aromatic carbocycles. The van der Waals surface area contributed by atoms with Crippen LogP contribution in [0.1, 0.15) is 194 Å². The Balaban J connectivity index is 2.53. The van der Waals surface area contributed by atoms with E-state index in [0.717, 1.165) is 51.4 Å². The van der Waals surface area contributed by atoms with Gasteiger partial charge in [-0.2, -0.15) is 8.42 Å². The first-order valence-corrected chi connectivity index (χ1v) is 26.0. The lowest BCUT2D eigenvalue weighted by Gasteiger charge is -2.41. The maximum atomic E-state index is 13.1. The number of ether oxygens (including phenoxy) is 2. The number of rotatable bonds is 41. The van der Waals surface area contributed by atoms with Gasteiger partial charge in [0.05, 0.1) is 25.4 Å². The highest BCUT2D eigenvalue weighted by molar-refractivity contribution is 7.80. The number of aliphatic hydroxyl groups excluding tert-OH is 5. The molecule has 1 aliphatic rings. The number of carbonyl (C=O) groups is 1. The Morgan fingerprint density at radius 1 is 0.667 bits per heavy atom. The Bertz CT molecular complexity index is 1330. The summed E-state index contributed by atoms with van der Waals surface area (Å²) in [6.45, 7) is 3.09. The number of aliphatic hydroxyl groups is 5. The van der Waals surface area contributed by atoms with Gasteiger partial charge in [-0.05, 0) is 57.8 Å². The van der Waals surface area contributed by atoms with Crippen molar-refractivity contribution in [2.45, 2.75) is 243 Å². The first-order chi connectivity index (χ1) is 30.4. The van der Waals surface area contributed by atoms with Crippen LogP contribution in [0, 0.1) is 0 Å². The van der Waals surface area contributed by atoms with Crippen molar-refractivity contribution in [1.29, 1.82) is 0 Å². The summed E-state index contributed by atoms with van der Waals surface area (Å²) in [6, 6.07) is -1.14. The van der Waals surface area contributed by atoms with Crippen molar-refractivity contribution in [2.75, 3.05) is 13.2 Å². The second-order valence-corrected chi connectivity index (χ2v) is 18.2. The van der Waals surface area contributed by atoms with Gasteiger partial charge in [0.15, 0.2) is 6.29 Å². The van der Waals surface area contributed by atoms with Crippen LogP contribution in [0.15, 0.2) is 48.6 Å². The van der Waals surface area contributed by atoms with Crippen LogP contribution in [0.4, 0.5) is 0 Å². The number of unbranched alkanes of at least 4 members (excludes halogenated alkanes) is 22. The largest absolute Gasteiger partial charge is 0.397 e. The molecule has 14 heteroatoms. The van der Waals surface area contributed by atoms with Gasteiger partial charge in [0.1, 0.15) is 30.5 Å². The number of hydrogen-bond donors (Lipinski definition) is 7. The predicted octanol–water partition coefficient (Wildman–Crippen LogP) is 9.02. The van der Waals surface area contributed by atoms with E-state index in [1.165, 1.54) is 115 Å². The highest BCUT2D eigenvalue weighted by atomic mass is 32.3. The number of carbonyl (C=O) groups excluding carboxylic acids is 1. The Morgan fingerprint density at radius 2 is 1.16 bits per heavy atom. The molecule has 368 valence electrons. The lowest BCUT2D eigenvalue weighted by atomic mass is 9.99. The molecule has 0 aromatic heterocycles. The molecule has 8 unspecified atom stereocenters. The minimum Gasteiger partial charge on any atom is -0.394 e. The van der Waals surface area contributed by atoms with Crippen LogP contribution in [-0.4, -0.2) is 107 Å². The molecule has 1 aliphatic heterocycles. The van der Waals surface area contributed by atoms with E-state index >= 15 is 0 Å². The van der Waals surface area contributed by atoms with E-state index in [0.29, 0.717) is 12.8 Å². The third-order valence-corrected chi connectivity index (χ3v) is 11.9. The molecule has 0 aromatic rings. The van der Waals surface area contributed by atoms with Gasteiger partial charge in [-0.3, -0.25) is 9.35 Å². The van der Waals surface area contributed by atoms with E-state index in [2.05, 4.69) is 59.8 Å². The van der Waals surface area contributed by atoms with Crippen LogP contribution in [0.25, 0.3) is 0 Å². The lowest BCUT2D eigenvalue weighted by molar-refractivity contribution is -0.298. The second kappa shape index (κ2) is 39.2. The molecule has 0 radical (unpaired) electrons. The second-order valence-electron chi connectivity index (χ2n) is 17.2. The number of allylic oxidation sites excluding steroid dienone is 7. The van der Waals surface area contributed by atoms with Crippen molar-refractivity contribution in [3.63, 3.8) is 0 Å². The SMILES string of the molecule is CC/C=C\C/C=C\CCCCCCCCCCCCCCCC(O)C(=O)NC(COC1OC(CO)C(O)C(OS(=O)(=O)O)C1O)C(O)/C=C/CC/C=C/CCCCCCCCCC. The zero-order chi connectivity index (χ0) is 46.4. The van der Waals surface area contributed by atoms with E-state index in [-0.39, 0.29) is 6.42 Å². The molecule has 1 heterocycles. The highest BCUT2D eigenvalue weighted by Crippen LogP contribution is 2.26. The van der Waals surface area contributed by atoms with Crippen molar-refractivity contribution in [2.24, 2.45) is 0 Å². The predicted molar refractivity (Wildman–Crippen MR) is 251 cm³/mol. The summed E-state index contributed by atoms with van der Waals surface area (Å²) in [7, 11) is -5.12. The Morgan fingerprint density at radius 3 is 1.70 bits per heavy atom. The fraction of sp³-hybridized carbons (Fsp3) is 0.816. The van der Waals surface area contributed by atoms with Crippen molar-refractivity contribution >= 4 is 16.3 Å². The van der Waals surface area contributed by atoms with Crippen molar-refractivity contribution in [3.05, 3.63) is 48.6 Å². The summed E-state index contributed by atoms with van der Waals surface area (Å²) in [5.41, 5.74) is 0. The zero-order valence-corrected chi connectivity index (χ0v) is 39.8. The first kappa shape index (κ1) is 59.0. The molecule has 0 bridgehead atoms. The molecule has 13 nitrogen and oxygen atoms in total. The quantitative estimate of drug-likeness (QED) is 0.0174. The zero-order valence-electron chi connectivity index (χ0n) is 39.0. The van der Waals surface area contributed by atoms with E-state index < -0.39 is 78.5 Å². The van der Waals surface area contributed by atoms with E-state index in [9.17, 15) is 43.3 Å². The molecule has 1 saturated heterocycles. The van der Waals surface area contributed by atoms with Crippen LogP contribution in [0.5, 0.6) is 0 Å². The number of nitrogens with one attached hydrogen (secondary N) is 1. The third-order valence-electron chi connectivity index (χ3n) is 11.5. The molecule has 1 amide bonds. The van der Waals surface area contributed by atoms with E-state index in [4.69, 9.17) is 9.47 Å². The van der Waals surface area contributed by atoms with Crippen molar-refractivity contribution < 1.29 is 57.0 Å².